The van der Waals surface area contributed by atoms with E-state index in [-0.39, 0.29) is 5.91 Å². The van der Waals surface area contributed by atoms with Crippen LogP contribution in [0.2, 0.25) is 0 Å². The number of benzene rings is 1. The lowest BCUT2D eigenvalue weighted by Gasteiger charge is -2.13. The zero-order valence-electron chi connectivity index (χ0n) is 11.9. The maximum atomic E-state index is 12.4. The first-order valence-corrected chi connectivity index (χ1v) is 8.35. The number of hydrogen-bond donors (Lipinski definition) is 0. The van der Waals surface area contributed by atoms with E-state index in [1.807, 2.05) is 25.1 Å². The van der Waals surface area contributed by atoms with Gasteiger partial charge in [0.25, 0.3) is 5.91 Å². The Morgan fingerprint density at radius 3 is 2.76 bits per heavy atom. The van der Waals surface area contributed by atoms with Gasteiger partial charge in [0.1, 0.15) is 9.88 Å². The van der Waals surface area contributed by atoms with Crippen molar-refractivity contribution in [3.05, 3.63) is 45.4 Å². The van der Waals surface area contributed by atoms with Gasteiger partial charge in [0.2, 0.25) is 0 Å². The average Bonchev–Trinajstić information content (AvgIpc) is 3.12. The van der Waals surface area contributed by atoms with E-state index in [1.54, 1.807) is 29.5 Å². The van der Waals surface area contributed by atoms with Gasteiger partial charge in [0.05, 0.1) is 28.0 Å². The van der Waals surface area contributed by atoms with E-state index >= 15 is 0 Å². The molecule has 6 heteroatoms. The Morgan fingerprint density at radius 1 is 1.24 bits per heavy atom. The minimum Gasteiger partial charge on any atom is -0.334 e. The van der Waals surface area contributed by atoms with Gasteiger partial charge in [-0.3, -0.25) is 4.79 Å². The van der Waals surface area contributed by atoms with Gasteiger partial charge < -0.3 is 4.90 Å². The highest BCUT2D eigenvalue weighted by molar-refractivity contribution is 7.18. The number of para-hydroxylation sites is 1. The van der Waals surface area contributed by atoms with Gasteiger partial charge in [-0.1, -0.05) is 19.1 Å². The number of aromatic nitrogens is 2. The number of thiazole rings is 2. The van der Waals surface area contributed by atoms with Crippen LogP contribution >= 0.6 is 22.7 Å². The van der Waals surface area contributed by atoms with Crippen LogP contribution in [0, 0.1) is 0 Å². The minimum absolute atomic E-state index is 0.00598. The summed E-state index contributed by atoms with van der Waals surface area (Å²) in [6, 6.07) is 8.02. The SMILES string of the molecule is CCc1ncc(C(=O)N(C)Cc2nc3ccccc3s2)s1. The number of aryl methyl sites for hydroxylation is 1. The minimum atomic E-state index is 0.00598. The van der Waals surface area contributed by atoms with Crippen LogP contribution in [0.25, 0.3) is 10.2 Å². The Bertz CT molecular complexity index is 745. The molecule has 1 amide bonds. The number of amides is 1. The molecule has 0 saturated heterocycles. The van der Waals surface area contributed by atoms with Gasteiger partial charge in [-0.25, -0.2) is 9.97 Å². The van der Waals surface area contributed by atoms with Crippen molar-refractivity contribution in [2.75, 3.05) is 7.05 Å². The summed E-state index contributed by atoms with van der Waals surface area (Å²) in [7, 11) is 1.81. The number of carbonyl (C=O) groups excluding carboxylic acids is 1. The standard InChI is InChI=1S/C15H15N3OS2/c1-3-13-16-8-12(21-13)15(19)18(2)9-14-17-10-6-4-5-7-11(10)20-14/h4-8H,3,9H2,1-2H3. The first-order valence-electron chi connectivity index (χ1n) is 6.72. The highest BCUT2D eigenvalue weighted by Crippen LogP contribution is 2.23. The molecular formula is C15H15N3OS2. The number of carbonyl (C=O) groups is 1. The second-order valence-electron chi connectivity index (χ2n) is 4.71. The van der Waals surface area contributed by atoms with Gasteiger partial charge in [0.15, 0.2) is 0 Å². The molecule has 3 rings (SSSR count). The maximum Gasteiger partial charge on any atom is 0.265 e. The molecule has 0 unspecified atom stereocenters. The number of rotatable bonds is 4. The predicted octanol–water partition coefficient (Wildman–Crippen LogP) is 3.59. The molecule has 0 saturated carbocycles. The van der Waals surface area contributed by atoms with Crippen molar-refractivity contribution in [2.45, 2.75) is 19.9 Å². The number of nitrogens with zero attached hydrogens (tertiary/aromatic N) is 3. The Hall–Kier alpha value is -1.79. The molecule has 0 spiro atoms. The van der Waals surface area contributed by atoms with Crippen LogP contribution < -0.4 is 0 Å². The van der Waals surface area contributed by atoms with Crippen LogP contribution in [0.5, 0.6) is 0 Å². The number of hydrogen-bond acceptors (Lipinski definition) is 5. The molecule has 0 atom stereocenters. The largest absolute Gasteiger partial charge is 0.334 e. The number of fused-ring (bicyclic) bond motifs is 1. The monoisotopic (exact) mass is 317 g/mol. The van der Waals surface area contributed by atoms with E-state index in [1.165, 1.54) is 11.3 Å². The van der Waals surface area contributed by atoms with Crippen molar-refractivity contribution < 1.29 is 4.79 Å². The van der Waals surface area contributed by atoms with Crippen molar-refractivity contribution in [3.63, 3.8) is 0 Å². The van der Waals surface area contributed by atoms with E-state index in [0.29, 0.717) is 11.4 Å². The van der Waals surface area contributed by atoms with Crippen molar-refractivity contribution in [1.82, 2.24) is 14.9 Å². The van der Waals surface area contributed by atoms with Crippen LogP contribution in [-0.4, -0.2) is 27.8 Å². The highest BCUT2D eigenvalue weighted by atomic mass is 32.1. The van der Waals surface area contributed by atoms with E-state index in [4.69, 9.17) is 0 Å². The lowest BCUT2D eigenvalue weighted by atomic mass is 10.3. The Kier molecular flexibility index (Phi) is 3.98. The fourth-order valence-electron chi connectivity index (χ4n) is 2.02. The molecule has 0 N–H and O–H groups in total. The third kappa shape index (κ3) is 2.96. The van der Waals surface area contributed by atoms with Gasteiger partial charge in [-0.2, -0.15) is 0 Å². The lowest BCUT2D eigenvalue weighted by molar-refractivity contribution is 0.0789. The predicted molar refractivity (Wildman–Crippen MR) is 86.9 cm³/mol. The zero-order valence-corrected chi connectivity index (χ0v) is 13.5. The molecule has 2 heterocycles. The third-order valence-corrected chi connectivity index (χ3v) is 5.27. The molecule has 2 aromatic heterocycles. The molecule has 4 nitrogen and oxygen atoms in total. The Balaban J connectivity index is 1.75. The summed E-state index contributed by atoms with van der Waals surface area (Å²) in [5, 5.41) is 1.94. The molecular weight excluding hydrogens is 302 g/mol. The normalized spacial score (nSPS) is 11.0. The van der Waals surface area contributed by atoms with Crippen molar-refractivity contribution in [2.24, 2.45) is 0 Å². The average molecular weight is 317 g/mol. The third-order valence-electron chi connectivity index (χ3n) is 3.12. The summed E-state index contributed by atoms with van der Waals surface area (Å²) in [6.45, 7) is 2.56. The molecule has 108 valence electrons. The quantitative estimate of drug-likeness (QED) is 0.739. The molecule has 21 heavy (non-hydrogen) atoms. The molecule has 3 aromatic rings. The maximum absolute atomic E-state index is 12.4. The molecule has 0 aliphatic heterocycles. The fraction of sp³-hybridized carbons (Fsp3) is 0.267. The Labute approximate surface area is 131 Å². The van der Waals surface area contributed by atoms with Crippen LogP contribution in [0.3, 0.4) is 0 Å². The summed E-state index contributed by atoms with van der Waals surface area (Å²) in [4.78, 5) is 23.6. The van der Waals surface area contributed by atoms with Crippen LogP contribution in [-0.2, 0) is 13.0 Å². The van der Waals surface area contributed by atoms with Gasteiger partial charge in [-0.15, -0.1) is 22.7 Å². The van der Waals surface area contributed by atoms with Crippen LogP contribution in [0.4, 0.5) is 0 Å². The summed E-state index contributed by atoms with van der Waals surface area (Å²) < 4.78 is 1.15. The topological polar surface area (TPSA) is 46.1 Å². The zero-order chi connectivity index (χ0) is 14.8. The lowest BCUT2D eigenvalue weighted by Crippen LogP contribution is -2.25. The molecule has 0 aliphatic rings. The van der Waals surface area contributed by atoms with E-state index in [0.717, 1.165) is 26.7 Å². The van der Waals surface area contributed by atoms with Crippen LogP contribution in [0.1, 0.15) is 26.6 Å². The second kappa shape index (κ2) is 5.91. The Morgan fingerprint density at radius 2 is 2.05 bits per heavy atom. The summed E-state index contributed by atoms with van der Waals surface area (Å²) in [5.41, 5.74) is 0.990. The second-order valence-corrected chi connectivity index (χ2v) is 6.94. The van der Waals surface area contributed by atoms with Gasteiger partial charge >= 0.3 is 0 Å². The highest BCUT2D eigenvalue weighted by Gasteiger charge is 2.16. The molecule has 0 aliphatic carbocycles. The summed E-state index contributed by atoms with van der Waals surface area (Å²) >= 11 is 3.10. The van der Waals surface area contributed by atoms with Crippen LogP contribution in [0.15, 0.2) is 30.5 Å². The molecule has 1 aromatic carbocycles. The van der Waals surface area contributed by atoms with Crippen molar-refractivity contribution in [1.29, 1.82) is 0 Å². The van der Waals surface area contributed by atoms with E-state index in [2.05, 4.69) is 16.0 Å². The van der Waals surface area contributed by atoms with Gasteiger partial charge in [-0.05, 0) is 18.6 Å². The molecule has 0 bridgehead atoms. The van der Waals surface area contributed by atoms with E-state index < -0.39 is 0 Å². The van der Waals surface area contributed by atoms with E-state index in [9.17, 15) is 4.79 Å². The van der Waals surface area contributed by atoms with Gasteiger partial charge in [0, 0.05) is 7.05 Å². The smallest absolute Gasteiger partial charge is 0.265 e. The molecule has 0 radical (unpaired) electrons. The first-order chi connectivity index (χ1) is 10.2. The van der Waals surface area contributed by atoms with Crippen molar-refractivity contribution >= 4 is 38.8 Å². The summed E-state index contributed by atoms with van der Waals surface area (Å²) in [5.74, 6) is 0.00598. The fourth-order valence-corrected chi connectivity index (χ4v) is 3.90. The first kappa shape index (κ1) is 14.2. The molecule has 0 fully saturated rings. The summed E-state index contributed by atoms with van der Waals surface area (Å²) in [6.07, 6.45) is 2.53. The van der Waals surface area contributed by atoms with Crippen molar-refractivity contribution in [3.8, 4) is 0 Å².